The summed E-state index contributed by atoms with van der Waals surface area (Å²) in [6.45, 7) is 5.39. The molecule has 0 saturated carbocycles. The van der Waals surface area contributed by atoms with E-state index in [9.17, 15) is 8.42 Å². The molecule has 0 saturated heterocycles. The Hall–Kier alpha value is -1.13. The fourth-order valence-corrected chi connectivity index (χ4v) is 2.30. The van der Waals surface area contributed by atoms with Crippen LogP contribution >= 0.6 is 0 Å². The van der Waals surface area contributed by atoms with Gasteiger partial charge in [0, 0.05) is 0 Å². The molecule has 0 aliphatic heterocycles. The first kappa shape index (κ1) is 12.9. The van der Waals surface area contributed by atoms with E-state index in [4.69, 9.17) is 4.18 Å². The molecule has 0 N–H and O–H groups in total. The van der Waals surface area contributed by atoms with E-state index < -0.39 is 10.1 Å². The number of benzene rings is 1. The predicted octanol–water partition coefficient (Wildman–Crippen LogP) is 2.15. The molecule has 0 spiro atoms. The summed E-state index contributed by atoms with van der Waals surface area (Å²) in [5, 5.41) is 0. The third-order valence-corrected chi connectivity index (χ3v) is 3.29. The monoisotopic (exact) mass is 240 g/mol. The van der Waals surface area contributed by atoms with Gasteiger partial charge < -0.3 is 0 Å². The maximum absolute atomic E-state index is 11.3. The van der Waals surface area contributed by atoms with Gasteiger partial charge >= 0.3 is 0 Å². The van der Waals surface area contributed by atoms with E-state index in [-0.39, 0.29) is 12.4 Å². The van der Waals surface area contributed by atoms with Crippen LogP contribution in [-0.2, 0) is 20.7 Å². The Morgan fingerprint density at radius 3 is 2.50 bits per heavy atom. The second kappa shape index (κ2) is 5.82. The fourth-order valence-electron chi connectivity index (χ4n) is 1.27. The predicted molar refractivity (Wildman–Crippen MR) is 64.7 cm³/mol. The van der Waals surface area contributed by atoms with E-state index in [1.54, 1.807) is 6.92 Å². The maximum atomic E-state index is 11.3. The highest BCUT2D eigenvalue weighted by molar-refractivity contribution is 7.86. The molecule has 0 atom stereocenters. The standard InChI is InChI=1S/C12H16O3S/c1-11(2)10-16(13,14)15-9-8-12-6-4-3-5-7-12/h3-7H,1,8-10H2,2H3. The van der Waals surface area contributed by atoms with Gasteiger partial charge in [0.15, 0.2) is 0 Å². The van der Waals surface area contributed by atoms with Crippen molar-refractivity contribution in [2.45, 2.75) is 13.3 Å². The normalized spacial score (nSPS) is 11.3. The molecule has 0 heterocycles. The summed E-state index contributed by atoms with van der Waals surface area (Å²) in [6.07, 6.45) is 0.594. The highest BCUT2D eigenvalue weighted by Gasteiger charge is 2.10. The minimum absolute atomic E-state index is 0.109. The molecule has 0 bridgehead atoms. The van der Waals surface area contributed by atoms with E-state index in [1.165, 1.54) is 0 Å². The van der Waals surface area contributed by atoms with Crippen molar-refractivity contribution in [2.24, 2.45) is 0 Å². The van der Waals surface area contributed by atoms with Crippen molar-refractivity contribution in [1.82, 2.24) is 0 Å². The van der Waals surface area contributed by atoms with Crippen molar-refractivity contribution in [3.63, 3.8) is 0 Å². The number of hydrogen-bond acceptors (Lipinski definition) is 3. The fraction of sp³-hybridized carbons (Fsp3) is 0.333. The molecule has 0 aromatic heterocycles. The first-order chi connectivity index (χ1) is 7.49. The van der Waals surface area contributed by atoms with Crippen molar-refractivity contribution in [1.29, 1.82) is 0 Å². The van der Waals surface area contributed by atoms with Crippen LogP contribution in [-0.4, -0.2) is 20.8 Å². The van der Waals surface area contributed by atoms with Gasteiger partial charge in [-0.1, -0.05) is 42.5 Å². The van der Waals surface area contributed by atoms with Crippen LogP contribution in [0.25, 0.3) is 0 Å². The van der Waals surface area contributed by atoms with Gasteiger partial charge in [-0.15, -0.1) is 0 Å². The summed E-state index contributed by atoms with van der Waals surface area (Å²) in [5.74, 6) is -0.109. The van der Waals surface area contributed by atoms with E-state index in [0.717, 1.165) is 5.56 Å². The molecule has 0 aliphatic carbocycles. The lowest BCUT2D eigenvalue weighted by Crippen LogP contribution is -2.13. The highest BCUT2D eigenvalue weighted by Crippen LogP contribution is 2.04. The first-order valence-corrected chi connectivity index (χ1v) is 6.63. The van der Waals surface area contributed by atoms with Gasteiger partial charge in [0.2, 0.25) is 0 Å². The zero-order valence-electron chi connectivity index (χ0n) is 9.35. The van der Waals surface area contributed by atoms with Gasteiger partial charge in [-0.05, 0) is 18.9 Å². The summed E-state index contributed by atoms with van der Waals surface area (Å²) in [6, 6.07) is 9.63. The quantitative estimate of drug-likeness (QED) is 0.565. The Balaban J connectivity index is 2.39. The van der Waals surface area contributed by atoms with E-state index in [2.05, 4.69) is 6.58 Å². The number of hydrogen-bond donors (Lipinski definition) is 0. The van der Waals surface area contributed by atoms with Crippen LogP contribution in [0.2, 0.25) is 0 Å². The Morgan fingerprint density at radius 1 is 1.31 bits per heavy atom. The summed E-state index contributed by atoms with van der Waals surface area (Å²) in [4.78, 5) is 0. The van der Waals surface area contributed by atoms with Crippen molar-refractivity contribution in [3.05, 3.63) is 48.0 Å². The molecule has 1 rings (SSSR count). The molecule has 88 valence electrons. The maximum Gasteiger partial charge on any atom is 0.271 e. The SMILES string of the molecule is C=C(C)CS(=O)(=O)OCCc1ccccc1. The van der Waals surface area contributed by atoms with Crippen LogP contribution in [0.5, 0.6) is 0 Å². The Morgan fingerprint density at radius 2 is 1.94 bits per heavy atom. The summed E-state index contributed by atoms with van der Waals surface area (Å²) >= 11 is 0. The van der Waals surface area contributed by atoms with Crippen molar-refractivity contribution in [3.8, 4) is 0 Å². The summed E-state index contributed by atoms with van der Waals surface area (Å²) in [5.41, 5.74) is 1.65. The van der Waals surface area contributed by atoms with Crippen molar-refractivity contribution in [2.75, 3.05) is 12.4 Å². The molecule has 0 aliphatic rings. The van der Waals surface area contributed by atoms with Crippen LogP contribution < -0.4 is 0 Å². The second-order valence-corrected chi connectivity index (χ2v) is 5.36. The van der Waals surface area contributed by atoms with Crippen LogP contribution in [0.1, 0.15) is 12.5 Å². The van der Waals surface area contributed by atoms with Gasteiger partial charge in [0.25, 0.3) is 10.1 Å². The van der Waals surface area contributed by atoms with Gasteiger partial charge in [-0.3, -0.25) is 4.18 Å². The van der Waals surface area contributed by atoms with Crippen LogP contribution in [0.15, 0.2) is 42.5 Å². The molecule has 0 radical (unpaired) electrons. The molecule has 4 heteroatoms. The average molecular weight is 240 g/mol. The summed E-state index contributed by atoms with van der Waals surface area (Å²) < 4.78 is 27.6. The Kier molecular flexibility index (Phi) is 4.71. The van der Waals surface area contributed by atoms with Gasteiger partial charge in [0.1, 0.15) is 0 Å². The molecule has 0 fully saturated rings. The van der Waals surface area contributed by atoms with Crippen LogP contribution in [0.3, 0.4) is 0 Å². The van der Waals surface area contributed by atoms with Crippen molar-refractivity contribution >= 4 is 10.1 Å². The highest BCUT2D eigenvalue weighted by atomic mass is 32.2. The van der Waals surface area contributed by atoms with Gasteiger partial charge in [0.05, 0.1) is 12.4 Å². The summed E-state index contributed by atoms with van der Waals surface area (Å²) in [7, 11) is -3.45. The third-order valence-electron chi connectivity index (χ3n) is 1.92. The minimum Gasteiger partial charge on any atom is -0.270 e. The number of rotatable bonds is 6. The second-order valence-electron chi connectivity index (χ2n) is 3.72. The molecular formula is C12H16O3S. The molecular weight excluding hydrogens is 224 g/mol. The smallest absolute Gasteiger partial charge is 0.270 e. The largest absolute Gasteiger partial charge is 0.271 e. The van der Waals surface area contributed by atoms with E-state index in [1.807, 2.05) is 30.3 Å². The Bertz CT molecular complexity index is 435. The van der Waals surface area contributed by atoms with E-state index in [0.29, 0.717) is 12.0 Å². The van der Waals surface area contributed by atoms with Crippen molar-refractivity contribution < 1.29 is 12.6 Å². The lowest BCUT2D eigenvalue weighted by atomic mass is 10.2. The third kappa shape index (κ3) is 5.09. The molecule has 1 aromatic rings. The topological polar surface area (TPSA) is 43.4 Å². The molecule has 3 nitrogen and oxygen atoms in total. The van der Waals surface area contributed by atoms with Gasteiger partial charge in [-0.25, -0.2) is 0 Å². The molecule has 16 heavy (non-hydrogen) atoms. The molecule has 0 amide bonds. The Labute approximate surface area is 96.9 Å². The first-order valence-electron chi connectivity index (χ1n) is 5.05. The van der Waals surface area contributed by atoms with Crippen LogP contribution in [0.4, 0.5) is 0 Å². The van der Waals surface area contributed by atoms with Crippen LogP contribution in [0, 0.1) is 0 Å². The average Bonchev–Trinajstić information content (AvgIpc) is 2.16. The van der Waals surface area contributed by atoms with Gasteiger partial charge in [-0.2, -0.15) is 8.42 Å². The zero-order valence-corrected chi connectivity index (χ0v) is 10.2. The molecule has 0 unspecified atom stereocenters. The lowest BCUT2D eigenvalue weighted by Gasteiger charge is -2.05. The molecule has 1 aromatic carbocycles. The minimum atomic E-state index is -3.45. The van der Waals surface area contributed by atoms with E-state index >= 15 is 0 Å². The lowest BCUT2D eigenvalue weighted by molar-refractivity contribution is 0.323. The zero-order chi connectivity index (χ0) is 12.0.